The largest absolute Gasteiger partial charge is 0.455 e. The normalized spacial score (nSPS) is 11.2. The average Bonchev–Trinajstić information content (AvgIpc) is 3.07. The maximum Gasteiger partial charge on any atom is 0.144 e. The predicted octanol–water partition coefficient (Wildman–Crippen LogP) is 5.11. The summed E-state index contributed by atoms with van der Waals surface area (Å²) < 4.78 is 6.12. The Kier molecular flexibility index (Phi) is 3.07. The molecule has 0 saturated carbocycles. The van der Waals surface area contributed by atoms with E-state index in [1.807, 2.05) is 42.5 Å². The van der Waals surface area contributed by atoms with Gasteiger partial charge in [0.15, 0.2) is 0 Å². The lowest BCUT2D eigenvalue weighted by molar-refractivity contribution is 0.670. The van der Waals surface area contributed by atoms with Gasteiger partial charge < -0.3 is 4.42 Å². The molecule has 118 valence electrons. The van der Waals surface area contributed by atoms with Gasteiger partial charge in [-0.05, 0) is 29.8 Å². The molecule has 5 rings (SSSR count). The van der Waals surface area contributed by atoms with Crippen LogP contribution in [-0.4, -0.2) is 15.0 Å². The molecular weight excluding hydrogens is 310 g/mol. The molecule has 0 aliphatic rings. The van der Waals surface area contributed by atoms with E-state index >= 15 is 0 Å². The lowest BCUT2D eigenvalue weighted by atomic mass is 10.0. The van der Waals surface area contributed by atoms with Gasteiger partial charge in [0, 0.05) is 40.5 Å². The van der Waals surface area contributed by atoms with Crippen molar-refractivity contribution in [2.75, 3.05) is 0 Å². The minimum Gasteiger partial charge on any atom is -0.455 e. The van der Waals surface area contributed by atoms with E-state index in [2.05, 4.69) is 27.1 Å². The molecule has 4 heteroatoms. The van der Waals surface area contributed by atoms with Crippen molar-refractivity contribution in [3.05, 3.63) is 79.5 Å². The van der Waals surface area contributed by atoms with E-state index in [0.29, 0.717) is 0 Å². The van der Waals surface area contributed by atoms with E-state index in [4.69, 9.17) is 4.42 Å². The van der Waals surface area contributed by atoms with Crippen LogP contribution in [0.5, 0.6) is 0 Å². The first-order valence-corrected chi connectivity index (χ1v) is 8.02. The zero-order valence-corrected chi connectivity index (χ0v) is 13.3. The Morgan fingerprint density at radius 3 is 2.52 bits per heavy atom. The maximum absolute atomic E-state index is 6.12. The van der Waals surface area contributed by atoms with Gasteiger partial charge in [-0.15, -0.1) is 0 Å². The number of para-hydroxylation sites is 2. The van der Waals surface area contributed by atoms with Gasteiger partial charge in [-0.25, -0.2) is 9.97 Å². The fourth-order valence-electron chi connectivity index (χ4n) is 3.15. The van der Waals surface area contributed by atoms with Crippen molar-refractivity contribution in [1.82, 2.24) is 15.0 Å². The third-order valence-corrected chi connectivity index (χ3v) is 4.33. The molecule has 25 heavy (non-hydrogen) atoms. The Labute approximate surface area is 143 Å². The summed E-state index contributed by atoms with van der Waals surface area (Å²) in [5.41, 5.74) is 5.58. The monoisotopic (exact) mass is 323 g/mol. The zero-order chi connectivity index (χ0) is 16.6. The van der Waals surface area contributed by atoms with Crippen LogP contribution in [-0.2, 0) is 0 Å². The van der Waals surface area contributed by atoms with Crippen molar-refractivity contribution >= 4 is 21.9 Å². The maximum atomic E-state index is 6.12. The molecule has 4 nitrogen and oxygen atoms in total. The number of nitrogens with zero attached hydrogens (tertiary/aromatic N) is 3. The zero-order valence-electron chi connectivity index (χ0n) is 13.3. The Balaban J connectivity index is 1.74. The van der Waals surface area contributed by atoms with Crippen LogP contribution in [0.3, 0.4) is 0 Å². The van der Waals surface area contributed by atoms with Crippen LogP contribution in [0.15, 0.2) is 83.9 Å². The van der Waals surface area contributed by atoms with Crippen molar-refractivity contribution < 1.29 is 4.42 Å². The van der Waals surface area contributed by atoms with E-state index in [0.717, 1.165) is 44.3 Å². The SMILES string of the molecule is c1ccc2c(c1)oc1c(-c3cc(-c4cncnc4)ccn3)cccc12. The fourth-order valence-corrected chi connectivity index (χ4v) is 3.15. The van der Waals surface area contributed by atoms with Gasteiger partial charge in [0.2, 0.25) is 0 Å². The summed E-state index contributed by atoms with van der Waals surface area (Å²) in [6, 6.07) is 18.2. The van der Waals surface area contributed by atoms with Crippen molar-refractivity contribution in [3.63, 3.8) is 0 Å². The molecule has 3 heterocycles. The van der Waals surface area contributed by atoms with E-state index < -0.39 is 0 Å². The second-order valence-corrected chi connectivity index (χ2v) is 5.84. The van der Waals surface area contributed by atoms with Crippen LogP contribution < -0.4 is 0 Å². The summed E-state index contributed by atoms with van der Waals surface area (Å²) in [5.74, 6) is 0. The molecule has 0 fully saturated rings. The topological polar surface area (TPSA) is 51.8 Å². The highest BCUT2D eigenvalue weighted by molar-refractivity contribution is 6.09. The summed E-state index contributed by atoms with van der Waals surface area (Å²) in [7, 11) is 0. The lowest BCUT2D eigenvalue weighted by Crippen LogP contribution is -1.87. The van der Waals surface area contributed by atoms with E-state index in [9.17, 15) is 0 Å². The quantitative estimate of drug-likeness (QED) is 0.453. The summed E-state index contributed by atoms with van der Waals surface area (Å²) in [6.07, 6.45) is 6.93. The molecule has 2 aromatic carbocycles. The lowest BCUT2D eigenvalue weighted by Gasteiger charge is -2.05. The smallest absolute Gasteiger partial charge is 0.144 e. The number of rotatable bonds is 2. The first-order chi connectivity index (χ1) is 12.4. The molecule has 5 aromatic rings. The molecule has 0 spiro atoms. The van der Waals surface area contributed by atoms with Crippen LogP contribution >= 0.6 is 0 Å². The molecule has 0 bridgehead atoms. The number of pyridine rings is 1. The summed E-state index contributed by atoms with van der Waals surface area (Å²) in [4.78, 5) is 12.7. The van der Waals surface area contributed by atoms with Gasteiger partial charge in [0.05, 0.1) is 5.69 Å². The van der Waals surface area contributed by atoms with E-state index in [1.54, 1.807) is 18.6 Å². The standard InChI is InChI=1S/C21H13N3O/c1-2-7-20-16(4-1)17-5-3-6-18(21(17)25-20)19-10-14(8-9-24-19)15-11-22-13-23-12-15/h1-13H. The molecular formula is C21H13N3O. The number of fused-ring (bicyclic) bond motifs is 3. The third-order valence-electron chi connectivity index (χ3n) is 4.33. The van der Waals surface area contributed by atoms with Crippen molar-refractivity contribution in [2.45, 2.75) is 0 Å². The molecule has 0 amide bonds. The number of furan rings is 1. The average molecular weight is 323 g/mol. The second-order valence-electron chi connectivity index (χ2n) is 5.84. The molecule has 0 radical (unpaired) electrons. The highest BCUT2D eigenvalue weighted by Crippen LogP contribution is 2.35. The number of benzene rings is 2. The van der Waals surface area contributed by atoms with Crippen molar-refractivity contribution in [2.24, 2.45) is 0 Å². The van der Waals surface area contributed by atoms with Gasteiger partial charge in [-0.3, -0.25) is 4.98 Å². The molecule has 0 saturated heterocycles. The summed E-state index contributed by atoms with van der Waals surface area (Å²) >= 11 is 0. The van der Waals surface area contributed by atoms with Gasteiger partial charge in [0.25, 0.3) is 0 Å². The van der Waals surface area contributed by atoms with E-state index in [1.165, 1.54) is 6.33 Å². The van der Waals surface area contributed by atoms with Crippen LogP contribution in [0.1, 0.15) is 0 Å². The highest BCUT2D eigenvalue weighted by atomic mass is 16.3. The number of aromatic nitrogens is 3. The minimum absolute atomic E-state index is 0.859. The molecule has 0 unspecified atom stereocenters. The molecule has 0 aliphatic heterocycles. The van der Waals surface area contributed by atoms with Gasteiger partial charge >= 0.3 is 0 Å². The Bertz CT molecular complexity index is 1200. The first-order valence-electron chi connectivity index (χ1n) is 8.02. The van der Waals surface area contributed by atoms with Crippen molar-refractivity contribution in [3.8, 4) is 22.4 Å². The first kappa shape index (κ1) is 13.9. The van der Waals surface area contributed by atoms with Crippen LogP contribution in [0.2, 0.25) is 0 Å². The van der Waals surface area contributed by atoms with Crippen LogP contribution in [0.25, 0.3) is 44.3 Å². The van der Waals surface area contributed by atoms with Gasteiger partial charge in [-0.2, -0.15) is 0 Å². The van der Waals surface area contributed by atoms with E-state index in [-0.39, 0.29) is 0 Å². The van der Waals surface area contributed by atoms with Crippen LogP contribution in [0, 0.1) is 0 Å². The molecule has 0 aliphatic carbocycles. The Morgan fingerprint density at radius 1 is 0.760 bits per heavy atom. The Hall–Kier alpha value is -3.53. The second kappa shape index (κ2) is 5.53. The number of hydrogen-bond donors (Lipinski definition) is 0. The Morgan fingerprint density at radius 2 is 1.60 bits per heavy atom. The van der Waals surface area contributed by atoms with Gasteiger partial charge in [0.1, 0.15) is 17.5 Å². The minimum atomic E-state index is 0.859. The van der Waals surface area contributed by atoms with Crippen molar-refractivity contribution in [1.29, 1.82) is 0 Å². The molecule has 3 aromatic heterocycles. The third kappa shape index (κ3) is 2.27. The fraction of sp³-hybridized carbons (Fsp3) is 0. The molecule has 0 atom stereocenters. The predicted molar refractivity (Wildman–Crippen MR) is 98.0 cm³/mol. The summed E-state index contributed by atoms with van der Waals surface area (Å²) in [6.45, 7) is 0. The van der Waals surface area contributed by atoms with Gasteiger partial charge in [-0.1, -0.05) is 30.3 Å². The number of hydrogen-bond acceptors (Lipinski definition) is 4. The molecule has 0 N–H and O–H groups in total. The summed E-state index contributed by atoms with van der Waals surface area (Å²) in [5, 5.41) is 2.22. The highest BCUT2D eigenvalue weighted by Gasteiger charge is 2.13. The van der Waals surface area contributed by atoms with Crippen LogP contribution in [0.4, 0.5) is 0 Å².